The molecule has 0 fully saturated rings. The number of nitrogens with two attached hydrogens (primary N) is 1. The summed E-state index contributed by atoms with van der Waals surface area (Å²) in [7, 11) is 0. The zero-order chi connectivity index (χ0) is 20.1. The van der Waals surface area contributed by atoms with Gasteiger partial charge in [0.1, 0.15) is 10.9 Å². The lowest BCUT2D eigenvalue weighted by atomic mass is 9.86. The first-order valence-electron chi connectivity index (χ1n) is 8.70. The second-order valence-corrected chi connectivity index (χ2v) is 8.97. The molecule has 3 N–H and O–H groups in total. The lowest BCUT2D eigenvalue weighted by Gasteiger charge is -2.19. The number of nitrogens with one attached hydrogen (secondary N) is 1. The van der Waals surface area contributed by atoms with E-state index in [1.165, 1.54) is 23.8 Å². The van der Waals surface area contributed by atoms with E-state index in [1.807, 2.05) is 19.1 Å². The first-order valence-corrected chi connectivity index (χ1v) is 9.52. The van der Waals surface area contributed by atoms with Crippen molar-refractivity contribution >= 4 is 27.5 Å². The molecule has 1 amide bonds. The Bertz CT molecular complexity index is 1140. The number of primary amides is 1. The average Bonchev–Trinajstić information content (AvgIpc) is 2.89. The molecule has 3 aromatic rings. The highest BCUT2D eigenvalue weighted by atomic mass is 32.1. The number of carbonyl (C=O) groups excluding carboxylic acids is 1. The van der Waals surface area contributed by atoms with Crippen molar-refractivity contribution in [3.8, 4) is 11.1 Å². The van der Waals surface area contributed by atoms with Crippen LogP contribution in [0.1, 0.15) is 44.2 Å². The molecule has 2 aromatic heterocycles. The van der Waals surface area contributed by atoms with Crippen LogP contribution in [0.25, 0.3) is 21.3 Å². The molecule has 0 bridgehead atoms. The number of thiophene rings is 1. The molecule has 0 saturated heterocycles. The van der Waals surface area contributed by atoms with Crippen LogP contribution < -0.4 is 17.0 Å². The summed E-state index contributed by atoms with van der Waals surface area (Å²) < 4.78 is 0.893. The minimum atomic E-state index is -1.03. The third kappa shape index (κ3) is 3.23. The minimum Gasteiger partial charge on any atom is -0.368 e. The van der Waals surface area contributed by atoms with Gasteiger partial charge in [-0.1, -0.05) is 45.0 Å². The van der Waals surface area contributed by atoms with E-state index >= 15 is 0 Å². The van der Waals surface area contributed by atoms with Crippen molar-refractivity contribution in [3.63, 3.8) is 0 Å². The maximum Gasteiger partial charge on any atom is 0.330 e. The Hall–Kier alpha value is -2.67. The van der Waals surface area contributed by atoms with Gasteiger partial charge in [0.2, 0.25) is 5.91 Å². The summed E-state index contributed by atoms with van der Waals surface area (Å²) in [5.41, 5.74) is 7.08. The average molecular weight is 385 g/mol. The number of aromatic amines is 1. The van der Waals surface area contributed by atoms with E-state index < -0.39 is 23.2 Å². The van der Waals surface area contributed by atoms with Crippen LogP contribution in [0.15, 0.2) is 33.9 Å². The Morgan fingerprint density at radius 2 is 1.78 bits per heavy atom. The van der Waals surface area contributed by atoms with E-state index in [1.54, 1.807) is 0 Å². The number of aromatic nitrogens is 2. The van der Waals surface area contributed by atoms with Gasteiger partial charge < -0.3 is 5.73 Å². The van der Waals surface area contributed by atoms with E-state index in [0.717, 1.165) is 20.6 Å². The van der Waals surface area contributed by atoms with Crippen molar-refractivity contribution in [3.05, 3.63) is 55.5 Å². The molecule has 1 unspecified atom stereocenters. The van der Waals surface area contributed by atoms with Crippen LogP contribution in [0.2, 0.25) is 0 Å². The number of fused-ring (bicyclic) bond motifs is 1. The number of hydrogen-bond acceptors (Lipinski definition) is 4. The molecule has 1 aromatic carbocycles. The predicted molar refractivity (Wildman–Crippen MR) is 109 cm³/mol. The largest absolute Gasteiger partial charge is 0.368 e. The van der Waals surface area contributed by atoms with E-state index in [-0.39, 0.29) is 5.41 Å². The Labute approximate surface area is 160 Å². The second-order valence-electron chi connectivity index (χ2n) is 7.75. The van der Waals surface area contributed by atoms with Crippen molar-refractivity contribution in [1.82, 2.24) is 9.55 Å². The second kappa shape index (κ2) is 6.49. The highest BCUT2D eigenvalue weighted by Crippen LogP contribution is 2.36. The number of H-pyrrole nitrogens is 1. The van der Waals surface area contributed by atoms with Crippen LogP contribution in [-0.4, -0.2) is 15.5 Å². The third-order valence-corrected chi connectivity index (χ3v) is 5.82. The number of amides is 1. The molecule has 27 heavy (non-hydrogen) atoms. The normalized spacial score (nSPS) is 13.1. The Balaban J connectivity index is 2.30. The summed E-state index contributed by atoms with van der Waals surface area (Å²) in [5, 5.41) is 0.411. The molecule has 0 aliphatic rings. The molecule has 0 aliphatic carbocycles. The quantitative estimate of drug-likeness (QED) is 0.725. The molecule has 0 radical (unpaired) electrons. The fourth-order valence-electron chi connectivity index (χ4n) is 3.17. The number of rotatable bonds is 3. The molecule has 0 spiro atoms. The number of aryl methyl sites for hydroxylation is 1. The maximum atomic E-state index is 13.1. The monoisotopic (exact) mass is 385 g/mol. The fraction of sp³-hybridized carbons (Fsp3) is 0.350. The molecule has 0 saturated carbocycles. The van der Waals surface area contributed by atoms with Gasteiger partial charge in [-0.2, -0.15) is 0 Å². The number of hydrogen-bond donors (Lipinski definition) is 2. The van der Waals surface area contributed by atoms with Crippen LogP contribution >= 0.6 is 11.3 Å². The van der Waals surface area contributed by atoms with Crippen LogP contribution in [-0.2, 0) is 10.2 Å². The molecule has 0 aliphatic heterocycles. The summed E-state index contributed by atoms with van der Waals surface area (Å²) in [6.45, 7) is 9.78. The highest BCUT2D eigenvalue weighted by Gasteiger charge is 2.23. The zero-order valence-electron chi connectivity index (χ0n) is 16.0. The summed E-state index contributed by atoms with van der Waals surface area (Å²) in [5.74, 6) is -0.731. The van der Waals surface area contributed by atoms with Gasteiger partial charge in [0.05, 0.1) is 5.39 Å². The first kappa shape index (κ1) is 19.1. The SMILES string of the molecule is Cc1sc2[nH]c(=O)n(C(C)C(N)=O)c(=O)c2c1-c1ccc(C(C)(C)C)cc1. The standard InChI is InChI=1S/C20H23N3O3S/c1-10(16(21)24)23-18(25)15-14(11(2)27-17(15)22-19(23)26)12-6-8-13(9-7-12)20(3,4)5/h6-10H,1-5H3,(H2,21,24)(H,22,26). The molecule has 1 atom stereocenters. The zero-order valence-corrected chi connectivity index (χ0v) is 16.9. The third-order valence-electron chi connectivity index (χ3n) is 4.79. The molecular weight excluding hydrogens is 362 g/mol. The van der Waals surface area contributed by atoms with Crippen LogP contribution in [0.5, 0.6) is 0 Å². The molecule has 142 valence electrons. The van der Waals surface area contributed by atoms with E-state index in [2.05, 4.69) is 37.9 Å². The van der Waals surface area contributed by atoms with Crippen molar-refractivity contribution < 1.29 is 4.79 Å². The van der Waals surface area contributed by atoms with Crippen molar-refractivity contribution in [2.75, 3.05) is 0 Å². The Morgan fingerprint density at radius 1 is 1.19 bits per heavy atom. The lowest BCUT2D eigenvalue weighted by molar-refractivity contribution is -0.120. The molecular formula is C20H23N3O3S. The summed E-state index contributed by atoms with van der Waals surface area (Å²) in [4.78, 5) is 41.1. The van der Waals surface area contributed by atoms with Gasteiger partial charge in [-0.15, -0.1) is 11.3 Å². The molecule has 2 heterocycles. The first-order chi connectivity index (χ1) is 12.5. The van der Waals surface area contributed by atoms with E-state index in [4.69, 9.17) is 5.73 Å². The van der Waals surface area contributed by atoms with Crippen LogP contribution in [0.4, 0.5) is 0 Å². The van der Waals surface area contributed by atoms with E-state index in [0.29, 0.717) is 10.2 Å². The van der Waals surface area contributed by atoms with Crippen molar-refractivity contribution in [1.29, 1.82) is 0 Å². The molecule has 7 heteroatoms. The van der Waals surface area contributed by atoms with Gasteiger partial charge >= 0.3 is 5.69 Å². The predicted octanol–water partition coefficient (Wildman–Crippen LogP) is 3.07. The number of nitrogens with zero attached hydrogens (tertiary/aromatic N) is 1. The Morgan fingerprint density at radius 3 is 2.30 bits per heavy atom. The summed E-state index contributed by atoms with van der Waals surface area (Å²) in [6.07, 6.45) is 0. The van der Waals surface area contributed by atoms with Gasteiger partial charge in [-0.05, 0) is 30.4 Å². The van der Waals surface area contributed by atoms with Crippen molar-refractivity contribution in [2.24, 2.45) is 5.73 Å². The van der Waals surface area contributed by atoms with Crippen molar-refractivity contribution in [2.45, 2.75) is 46.1 Å². The van der Waals surface area contributed by atoms with Crippen LogP contribution in [0.3, 0.4) is 0 Å². The highest BCUT2D eigenvalue weighted by molar-refractivity contribution is 7.19. The molecule has 3 rings (SSSR count). The molecule has 6 nitrogen and oxygen atoms in total. The van der Waals surface area contributed by atoms with Gasteiger partial charge in [0.25, 0.3) is 5.56 Å². The topological polar surface area (TPSA) is 97.9 Å². The smallest absolute Gasteiger partial charge is 0.330 e. The van der Waals surface area contributed by atoms with E-state index in [9.17, 15) is 14.4 Å². The lowest BCUT2D eigenvalue weighted by Crippen LogP contribution is -2.41. The Kier molecular flexibility index (Phi) is 4.59. The van der Waals surface area contributed by atoms with Gasteiger partial charge in [-0.25, -0.2) is 9.36 Å². The number of carbonyl (C=O) groups is 1. The fourth-order valence-corrected chi connectivity index (χ4v) is 4.23. The van der Waals surface area contributed by atoms with Gasteiger partial charge in [-0.3, -0.25) is 14.6 Å². The van der Waals surface area contributed by atoms with Gasteiger partial charge in [0, 0.05) is 10.4 Å². The maximum absolute atomic E-state index is 13.1. The number of benzene rings is 1. The minimum absolute atomic E-state index is 0.0269. The van der Waals surface area contributed by atoms with Crippen LogP contribution in [0, 0.1) is 6.92 Å². The summed E-state index contributed by atoms with van der Waals surface area (Å²) in [6, 6.07) is 7.05. The van der Waals surface area contributed by atoms with Gasteiger partial charge in [0.15, 0.2) is 0 Å². The summed E-state index contributed by atoms with van der Waals surface area (Å²) >= 11 is 1.36.